The second-order valence-electron chi connectivity index (χ2n) is 3.24. The smallest absolute Gasteiger partial charge is 0.446 e. The monoisotopic (exact) mass is 266 g/mol. The molecule has 0 radical (unpaired) electrons. The summed E-state index contributed by atoms with van der Waals surface area (Å²) < 4.78 is 38.9. The molecule has 0 aliphatic heterocycles. The Hall–Kier alpha value is -1.75. The molecule has 0 aromatic carbocycles. The van der Waals surface area contributed by atoms with Crippen molar-refractivity contribution in [1.29, 1.82) is 0 Å². The van der Waals surface area contributed by atoms with Crippen LogP contribution in [0, 0.1) is 11.8 Å². The van der Waals surface area contributed by atoms with Gasteiger partial charge in [0.05, 0.1) is 0 Å². The highest BCUT2D eigenvalue weighted by atomic mass is 19.4. The van der Waals surface area contributed by atoms with Gasteiger partial charge in [-0.2, -0.15) is 13.2 Å². The average molecular weight is 266 g/mol. The molecule has 0 aromatic heterocycles. The van der Waals surface area contributed by atoms with Gasteiger partial charge < -0.3 is 15.4 Å². The maximum Gasteiger partial charge on any atom is 0.490 e. The number of alkyl halides is 3. The predicted octanol–water partition coefficient (Wildman–Crippen LogP) is -0.0975. The highest BCUT2D eigenvalue weighted by Gasteiger charge is 2.40. The van der Waals surface area contributed by atoms with E-state index in [4.69, 9.17) is 5.73 Å². The second kappa shape index (κ2) is 7.55. The molecule has 0 spiro atoms. The lowest BCUT2D eigenvalue weighted by Crippen LogP contribution is -2.28. The SMILES string of the molecule is CN(CCCN)C(=O)C#CCOC(=O)C(F)(F)F. The van der Waals surface area contributed by atoms with Gasteiger partial charge in [-0.15, -0.1) is 0 Å². The summed E-state index contributed by atoms with van der Waals surface area (Å²) in [5.41, 5.74) is 5.23. The summed E-state index contributed by atoms with van der Waals surface area (Å²) in [6.07, 6.45) is -4.46. The van der Waals surface area contributed by atoms with E-state index in [1.807, 2.05) is 11.8 Å². The number of hydrogen-bond donors (Lipinski definition) is 1. The fraction of sp³-hybridized carbons (Fsp3) is 0.600. The number of ether oxygens (including phenoxy) is 1. The molecule has 0 saturated heterocycles. The molecule has 2 N–H and O–H groups in total. The minimum Gasteiger partial charge on any atom is -0.446 e. The van der Waals surface area contributed by atoms with Crippen molar-refractivity contribution in [3.8, 4) is 11.8 Å². The van der Waals surface area contributed by atoms with Crippen molar-refractivity contribution < 1.29 is 27.5 Å². The molecule has 5 nitrogen and oxygen atoms in total. The average Bonchev–Trinajstić information content (AvgIpc) is 2.29. The minimum absolute atomic E-state index is 0.395. The molecular weight excluding hydrogens is 253 g/mol. The van der Waals surface area contributed by atoms with Crippen LogP contribution in [0.3, 0.4) is 0 Å². The van der Waals surface area contributed by atoms with Crippen molar-refractivity contribution in [3.05, 3.63) is 0 Å². The number of carbonyl (C=O) groups is 2. The zero-order valence-electron chi connectivity index (χ0n) is 9.71. The maximum absolute atomic E-state index is 11.7. The molecule has 8 heteroatoms. The molecule has 0 heterocycles. The van der Waals surface area contributed by atoms with Crippen LogP contribution in [0.2, 0.25) is 0 Å². The molecule has 0 saturated carbocycles. The Kier molecular flexibility index (Phi) is 6.82. The van der Waals surface area contributed by atoms with Crippen molar-refractivity contribution in [2.24, 2.45) is 5.73 Å². The predicted molar refractivity (Wildman–Crippen MR) is 56.1 cm³/mol. The molecule has 102 valence electrons. The largest absolute Gasteiger partial charge is 0.490 e. The molecule has 1 amide bonds. The molecule has 0 fully saturated rings. The fourth-order valence-corrected chi connectivity index (χ4v) is 0.821. The minimum atomic E-state index is -5.05. The number of nitrogens with two attached hydrogens (primary N) is 1. The first-order chi connectivity index (χ1) is 8.29. The molecule has 0 bridgehead atoms. The number of hydrogen-bond acceptors (Lipinski definition) is 4. The first kappa shape index (κ1) is 16.2. The van der Waals surface area contributed by atoms with Crippen molar-refractivity contribution in [2.75, 3.05) is 26.7 Å². The van der Waals surface area contributed by atoms with E-state index in [-0.39, 0.29) is 0 Å². The van der Waals surface area contributed by atoms with E-state index in [1.165, 1.54) is 11.9 Å². The van der Waals surface area contributed by atoms with E-state index in [9.17, 15) is 22.8 Å². The molecule has 18 heavy (non-hydrogen) atoms. The van der Waals surface area contributed by atoms with Gasteiger partial charge >= 0.3 is 12.1 Å². The molecule has 0 aromatic rings. The zero-order valence-corrected chi connectivity index (χ0v) is 9.71. The Morgan fingerprint density at radius 3 is 2.50 bits per heavy atom. The van der Waals surface area contributed by atoms with Crippen LogP contribution in [-0.4, -0.2) is 49.7 Å². The van der Waals surface area contributed by atoms with E-state index < -0.39 is 24.7 Å². The van der Waals surface area contributed by atoms with Gasteiger partial charge in [-0.1, -0.05) is 5.92 Å². The lowest BCUT2D eigenvalue weighted by Gasteiger charge is -2.12. The summed E-state index contributed by atoms with van der Waals surface area (Å²) in [5, 5.41) is 0. The molecular formula is C10H13F3N2O3. The van der Waals surface area contributed by atoms with E-state index in [1.54, 1.807) is 0 Å². The summed E-state index contributed by atoms with van der Waals surface area (Å²) in [6, 6.07) is 0. The zero-order chi connectivity index (χ0) is 14.2. The Morgan fingerprint density at radius 2 is 2.00 bits per heavy atom. The summed E-state index contributed by atoms with van der Waals surface area (Å²) in [6.45, 7) is 0.0232. The van der Waals surface area contributed by atoms with E-state index in [0.717, 1.165) is 0 Å². The van der Waals surface area contributed by atoms with Gasteiger partial charge in [0.1, 0.15) is 0 Å². The van der Waals surface area contributed by atoms with Gasteiger partial charge in [-0.25, -0.2) is 4.79 Å². The van der Waals surface area contributed by atoms with Crippen LogP contribution >= 0.6 is 0 Å². The van der Waals surface area contributed by atoms with Crippen molar-refractivity contribution in [1.82, 2.24) is 4.90 Å². The number of esters is 1. The van der Waals surface area contributed by atoms with Crippen LogP contribution in [0.25, 0.3) is 0 Å². The normalized spacial score (nSPS) is 10.3. The quantitative estimate of drug-likeness (QED) is 0.570. The van der Waals surface area contributed by atoms with Crippen molar-refractivity contribution >= 4 is 11.9 Å². The van der Waals surface area contributed by atoms with Crippen molar-refractivity contribution in [2.45, 2.75) is 12.6 Å². The fourth-order valence-electron chi connectivity index (χ4n) is 0.821. The lowest BCUT2D eigenvalue weighted by atomic mass is 10.4. The van der Waals surface area contributed by atoms with E-state index in [0.29, 0.717) is 19.5 Å². The lowest BCUT2D eigenvalue weighted by molar-refractivity contribution is -0.198. The number of halogens is 3. The molecule has 0 unspecified atom stereocenters. The van der Waals surface area contributed by atoms with Crippen LogP contribution in [0.4, 0.5) is 13.2 Å². The van der Waals surface area contributed by atoms with Crippen LogP contribution in [0.5, 0.6) is 0 Å². The van der Waals surface area contributed by atoms with Crippen LogP contribution in [-0.2, 0) is 14.3 Å². The van der Waals surface area contributed by atoms with Crippen LogP contribution in [0.1, 0.15) is 6.42 Å². The summed E-state index contributed by atoms with van der Waals surface area (Å²) in [4.78, 5) is 22.8. The molecule has 0 rings (SSSR count). The summed E-state index contributed by atoms with van der Waals surface area (Å²) in [7, 11) is 1.48. The molecule has 0 aliphatic rings. The first-order valence-electron chi connectivity index (χ1n) is 4.97. The van der Waals surface area contributed by atoms with Gasteiger partial charge in [0, 0.05) is 13.6 Å². The van der Waals surface area contributed by atoms with Crippen LogP contribution < -0.4 is 5.73 Å². The highest BCUT2D eigenvalue weighted by molar-refractivity contribution is 5.93. The first-order valence-corrected chi connectivity index (χ1v) is 4.97. The van der Waals surface area contributed by atoms with Gasteiger partial charge in [-0.3, -0.25) is 4.79 Å². The third kappa shape index (κ3) is 6.75. The Labute approximate surface area is 102 Å². The number of rotatable bonds is 4. The standard InChI is InChI=1S/C10H13F3N2O3/c1-15(6-3-5-14)8(16)4-2-7-18-9(17)10(11,12)13/h3,5-7,14H2,1H3. The maximum atomic E-state index is 11.7. The highest BCUT2D eigenvalue weighted by Crippen LogP contribution is 2.15. The van der Waals surface area contributed by atoms with Gasteiger partial charge in [0.15, 0.2) is 6.61 Å². The number of amides is 1. The summed E-state index contributed by atoms with van der Waals surface area (Å²) >= 11 is 0. The molecule has 0 atom stereocenters. The van der Waals surface area contributed by atoms with E-state index >= 15 is 0 Å². The van der Waals surface area contributed by atoms with Crippen LogP contribution in [0.15, 0.2) is 0 Å². The Morgan fingerprint density at radius 1 is 1.39 bits per heavy atom. The van der Waals surface area contributed by atoms with Gasteiger partial charge in [0.2, 0.25) is 0 Å². The number of carbonyl (C=O) groups excluding carboxylic acids is 2. The topological polar surface area (TPSA) is 72.6 Å². The Balaban J connectivity index is 4.04. The third-order valence-corrected chi connectivity index (χ3v) is 1.75. The third-order valence-electron chi connectivity index (χ3n) is 1.75. The number of nitrogens with zero attached hydrogens (tertiary/aromatic N) is 1. The van der Waals surface area contributed by atoms with Gasteiger partial charge in [0.25, 0.3) is 5.91 Å². The van der Waals surface area contributed by atoms with E-state index in [2.05, 4.69) is 4.74 Å². The summed E-state index contributed by atoms with van der Waals surface area (Å²) in [5.74, 6) is 1.17. The molecule has 0 aliphatic carbocycles. The Bertz CT molecular complexity index is 358. The van der Waals surface area contributed by atoms with Crippen molar-refractivity contribution in [3.63, 3.8) is 0 Å². The second-order valence-corrected chi connectivity index (χ2v) is 3.24. The van der Waals surface area contributed by atoms with Gasteiger partial charge in [-0.05, 0) is 18.9 Å².